The van der Waals surface area contributed by atoms with Crippen molar-refractivity contribution < 1.29 is 9.90 Å². The Morgan fingerprint density at radius 2 is 1.77 bits per heavy atom. The van der Waals surface area contributed by atoms with Crippen LogP contribution in [0.1, 0.15) is 29.6 Å². The van der Waals surface area contributed by atoms with Crippen LogP contribution < -0.4 is 5.32 Å². The molecule has 1 atom stereocenters. The number of aliphatic hydroxyl groups is 1. The van der Waals surface area contributed by atoms with Crippen LogP contribution >= 0.6 is 0 Å². The minimum Gasteiger partial charge on any atom is -0.396 e. The molecule has 0 spiro atoms. The highest BCUT2D eigenvalue weighted by atomic mass is 16.3. The molecule has 114 valence electrons. The predicted molar refractivity (Wildman–Crippen MR) is 87.6 cm³/mol. The van der Waals surface area contributed by atoms with E-state index in [4.69, 9.17) is 0 Å². The van der Waals surface area contributed by atoms with Crippen molar-refractivity contribution in [2.45, 2.75) is 25.3 Å². The fourth-order valence-electron chi connectivity index (χ4n) is 2.86. The highest BCUT2D eigenvalue weighted by molar-refractivity contribution is 6.01. The van der Waals surface area contributed by atoms with Gasteiger partial charge in [-0.25, -0.2) is 0 Å². The molecule has 0 heterocycles. The summed E-state index contributed by atoms with van der Waals surface area (Å²) in [6, 6.07) is 17.7. The summed E-state index contributed by atoms with van der Waals surface area (Å²) in [5.41, 5.74) is 2.68. The molecule has 0 aromatic heterocycles. The van der Waals surface area contributed by atoms with Crippen LogP contribution in [0.15, 0.2) is 54.6 Å². The molecule has 1 saturated carbocycles. The molecule has 1 aliphatic rings. The Balaban J connectivity index is 1.83. The monoisotopic (exact) mass is 295 g/mol. The maximum Gasteiger partial charge on any atom is 0.252 e. The van der Waals surface area contributed by atoms with Crippen LogP contribution in [0, 0.1) is 5.92 Å². The standard InChI is InChI=1S/C19H21NO2/c21-13-12-18(15-10-11-15)20-19(22)17-9-5-4-8-16(17)14-6-2-1-3-7-14/h1-9,15,18,21H,10-13H2,(H,20,22). The molecule has 0 aliphatic heterocycles. The molecule has 0 radical (unpaired) electrons. The van der Waals surface area contributed by atoms with Gasteiger partial charge in [-0.05, 0) is 42.4 Å². The van der Waals surface area contributed by atoms with E-state index in [1.54, 1.807) is 0 Å². The average molecular weight is 295 g/mol. The van der Waals surface area contributed by atoms with Crippen molar-refractivity contribution in [3.05, 3.63) is 60.2 Å². The first-order valence-corrected chi connectivity index (χ1v) is 7.86. The SMILES string of the molecule is O=C(NC(CCO)C1CC1)c1ccccc1-c1ccccc1. The average Bonchev–Trinajstić information content (AvgIpc) is 3.40. The lowest BCUT2D eigenvalue weighted by atomic mass is 9.98. The molecule has 0 bridgehead atoms. The number of benzene rings is 2. The number of aliphatic hydroxyl groups excluding tert-OH is 1. The highest BCUT2D eigenvalue weighted by Gasteiger charge is 2.32. The van der Waals surface area contributed by atoms with Gasteiger partial charge in [0.2, 0.25) is 0 Å². The molecular formula is C19H21NO2. The van der Waals surface area contributed by atoms with Gasteiger partial charge in [0.05, 0.1) is 0 Å². The van der Waals surface area contributed by atoms with E-state index in [2.05, 4.69) is 5.32 Å². The number of amides is 1. The zero-order chi connectivity index (χ0) is 15.4. The van der Waals surface area contributed by atoms with E-state index >= 15 is 0 Å². The molecule has 3 nitrogen and oxygen atoms in total. The Labute approximate surface area is 131 Å². The van der Waals surface area contributed by atoms with Gasteiger partial charge in [-0.1, -0.05) is 48.5 Å². The second kappa shape index (κ2) is 6.75. The Kier molecular flexibility index (Phi) is 4.54. The lowest BCUT2D eigenvalue weighted by molar-refractivity contribution is 0.0925. The molecule has 0 saturated heterocycles. The van der Waals surface area contributed by atoms with E-state index < -0.39 is 0 Å². The van der Waals surface area contributed by atoms with E-state index in [0.717, 1.165) is 24.0 Å². The quantitative estimate of drug-likeness (QED) is 0.859. The van der Waals surface area contributed by atoms with E-state index in [0.29, 0.717) is 17.9 Å². The largest absolute Gasteiger partial charge is 0.396 e. The number of carbonyl (C=O) groups is 1. The van der Waals surface area contributed by atoms with Crippen LogP contribution in [-0.2, 0) is 0 Å². The Hall–Kier alpha value is -2.13. The lowest BCUT2D eigenvalue weighted by Crippen LogP contribution is -2.37. The van der Waals surface area contributed by atoms with E-state index in [-0.39, 0.29) is 18.6 Å². The molecule has 1 fully saturated rings. The van der Waals surface area contributed by atoms with Crippen molar-refractivity contribution in [3.8, 4) is 11.1 Å². The Bertz CT molecular complexity index is 635. The van der Waals surface area contributed by atoms with Gasteiger partial charge in [-0.2, -0.15) is 0 Å². The lowest BCUT2D eigenvalue weighted by Gasteiger charge is -2.18. The first-order chi connectivity index (χ1) is 10.8. The van der Waals surface area contributed by atoms with Crippen molar-refractivity contribution in [1.82, 2.24) is 5.32 Å². The molecule has 1 aliphatic carbocycles. The zero-order valence-electron chi connectivity index (χ0n) is 12.5. The summed E-state index contributed by atoms with van der Waals surface area (Å²) in [7, 11) is 0. The van der Waals surface area contributed by atoms with Gasteiger partial charge in [-0.3, -0.25) is 4.79 Å². The van der Waals surface area contributed by atoms with Crippen LogP contribution in [0.2, 0.25) is 0 Å². The summed E-state index contributed by atoms with van der Waals surface area (Å²) in [6.07, 6.45) is 2.92. The molecule has 1 unspecified atom stereocenters. The number of hydrogen-bond acceptors (Lipinski definition) is 2. The van der Waals surface area contributed by atoms with Crippen molar-refractivity contribution in [2.24, 2.45) is 5.92 Å². The summed E-state index contributed by atoms with van der Waals surface area (Å²) >= 11 is 0. The maximum absolute atomic E-state index is 12.7. The molecule has 2 aromatic carbocycles. The normalized spacial score (nSPS) is 15.3. The molecule has 1 amide bonds. The topological polar surface area (TPSA) is 49.3 Å². The molecule has 2 aromatic rings. The van der Waals surface area contributed by atoms with Gasteiger partial charge < -0.3 is 10.4 Å². The second-order valence-corrected chi connectivity index (χ2v) is 5.84. The van der Waals surface area contributed by atoms with E-state index in [1.807, 2.05) is 54.6 Å². The third-order valence-electron chi connectivity index (χ3n) is 4.20. The predicted octanol–water partition coefficient (Wildman–Crippen LogP) is 3.24. The van der Waals surface area contributed by atoms with Gasteiger partial charge in [-0.15, -0.1) is 0 Å². The van der Waals surface area contributed by atoms with Crippen LogP contribution in [0.25, 0.3) is 11.1 Å². The van der Waals surface area contributed by atoms with Crippen LogP contribution in [0.4, 0.5) is 0 Å². The first kappa shape index (κ1) is 14.8. The van der Waals surface area contributed by atoms with Gasteiger partial charge in [0, 0.05) is 18.2 Å². The second-order valence-electron chi connectivity index (χ2n) is 5.84. The summed E-state index contributed by atoms with van der Waals surface area (Å²) in [6.45, 7) is 0.113. The molecule has 3 heteroatoms. The molecule has 3 rings (SSSR count). The van der Waals surface area contributed by atoms with Crippen molar-refractivity contribution in [3.63, 3.8) is 0 Å². The zero-order valence-corrected chi connectivity index (χ0v) is 12.5. The van der Waals surface area contributed by atoms with E-state index in [1.165, 1.54) is 0 Å². The number of hydrogen-bond donors (Lipinski definition) is 2. The fraction of sp³-hybridized carbons (Fsp3) is 0.316. The van der Waals surface area contributed by atoms with Crippen LogP contribution in [0.5, 0.6) is 0 Å². The fourth-order valence-corrected chi connectivity index (χ4v) is 2.86. The molecular weight excluding hydrogens is 274 g/mol. The number of nitrogens with one attached hydrogen (secondary N) is 1. The summed E-state index contributed by atoms with van der Waals surface area (Å²) in [5.74, 6) is 0.477. The molecule has 22 heavy (non-hydrogen) atoms. The minimum absolute atomic E-state index is 0.0511. The summed E-state index contributed by atoms with van der Waals surface area (Å²) in [4.78, 5) is 12.7. The summed E-state index contributed by atoms with van der Waals surface area (Å²) < 4.78 is 0. The maximum atomic E-state index is 12.7. The van der Waals surface area contributed by atoms with Crippen molar-refractivity contribution in [1.29, 1.82) is 0 Å². The highest BCUT2D eigenvalue weighted by Crippen LogP contribution is 2.34. The van der Waals surface area contributed by atoms with Crippen molar-refractivity contribution >= 4 is 5.91 Å². The van der Waals surface area contributed by atoms with Gasteiger partial charge in [0.15, 0.2) is 0 Å². The van der Waals surface area contributed by atoms with Crippen molar-refractivity contribution in [2.75, 3.05) is 6.61 Å². The Morgan fingerprint density at radius 3 is 2.45 bits per heavy atom. The van der Waals surface area contributed by atoms with Crippen LogP contribution in [0.3, 0.4) is 0 Å². The number of carbonyl (C=O) groups excluding carboxylic acids is 1. The minimum atomic E-state index is -0.0511. The van der Waals surface area contributed by atoms with E-state index in [9.17, 15) is 9.90 Å². The number of rotatable bonds is 6. The third-order valence-corrected chi connectivity index (χ3v) is 4.20. The van der Waals surface area contributed by atoms with Crippen LogP contribution in [-0.4, -0.2) is 23.7 Å². The van der Waals surface area contributed by atoms with Gasteiger partial charge >= 0.3 is 0 Å². The summed E-state index contributed by atoms with van der Waals surface area (Å²) in [5, 5.41) is 12.3. The smallest absolute Gasteiger partial charge is 0.252 e. The van der Waals surface area contributed by atoms with Gasteiger partial charge in [0.1, 0.15) is 0 Å². The van der Waals surface area contributed by atoms with Gasteiger partial charge in [0.25, 0.3) is 5.91 Å². The first-order valence-electron chi connectivity index (χ1n) is 7.86. The third kappa shape index (κ3) is 3.37. The Morgan fingerprint density at radius 1 is 1.09 bits per heavy atom. The molecule has 2 N–H and O–H groups in total.